The fourth-order valence-electron chi connectivity index (χ4n) is 4.94. The maximum atomic E-state index is 12.6. The van der Waals surface area contributed by atoms with Crippen molar-refractivity contribution < 1.29 is 9.47 Å². The number of hydrogen-bond acceptors (Lipinski definition) is 4. The van der Waals surface area contributed by atoms with Gasteiger partial charge in [-0.2, -0.15) is 0 Å². The van der Waals surface area contributed by atoms with Crippen LogP contribution in [-0.2, 0) is 11.8 Å². The van der Waals surface area contributed by atoms with Crippen LogP contribution in [-0.4, -0.2) is 33.9 Å². The minimum atomic E-state index is -0.154. The van der Waals surface area contributed by atoms with Gasteiger partial charge in [-0.25, -0.2) is 4.98 Å². The zero-order valence-electron chi connectivity index (χ0n) is 19.4. The van der Waals surface area contributed by atoms with Crippen molar-refractivity contribution in [3.63, 3.8) is 0 Å². The molecule has 4 aromatic rings. The monoisotopic (exact) mass is 521 g/mol. The van der Waals surface area contributed by atoms with Gasteiger partial charge in [0.1, 0.15) is 11.3 Å². The van der Waals surface area contributed by atoms with E-state index in [0.717, 1.165) is 52.9 Å². The van der Waals surface area contributed by atoms with Gasteiger partial charge in [0.15, 0.2) is 5.75 Å². The van der Waals surface area contributed by atoms with E-state index >= 15 is 0 Å². The van der Waals surface area contributed by atoms with E-state index in [4.69, 9.17) is 14.5 Å². The Labute approximate surface area is 207 Å². The molecule has 1 atom stereocenters. The summed E-state index contributed by atoms with van der Waals surface area (Å²) < 4.78 is 16.3. The number of hydrogen-bond donors (Lipinski definition) is 0. The van der Waals surface area contributed by atoms with Crippen LogP contribution in [0.5, 0.6) is 5.75 Å². The molecule has 2 aromatic carbocycles. The van der Waals surface area contributed by atoms with Gasteiger partial charge in [0.05, 0.1) is 18.2 Å². The molecular formula is C27H28BrN3O3. The molecule has 176 valence electrons. The summed E-state index contributed by atoms with van der Waals surface area (Å²) in [7, 11) is 1.75. The van der Waals surface area contributed by atoms with E-state index in [0.29, 0.717) is 18.3 Å². The largest absolute Gasteiger partial charge is 0.488 e. The van der Waals surface area contributed by atoms with Gasteiger partial charge in [0.2, 0.25) is 0 Å². The molecule has 1 aliphatic rings. The number of fused-ring (bicyclic) bond motifs is 1. The van der Waals surface area contributed by atoms with Crippen molar-refractivity contribution in [3.8, 4) is 17.1 Å². The minimum absolute atomic E-state index is 0.0761. The van der Waals surface area contributed by atoms with Gasteiger partial charge in [-0.1, -0.05) is 36.4 Å². The molecule has 0 amide bonds. The van der Waals surface area contributed by atoms with Gasteiger partial charge in [0.25, 0.3) is 5.56 Å². The Kier molecular flexibility index (Phi) is 6.57. The molecule has 1 fully saturated rings. The van der Waals surface area contributed by atoms with Crippen LogP contribution in [0.2, 0.25) is 0 Å². The highest BCUT2D eigenvalue weighted by Gasteiger charge is 2.31. The average molecular weight is 522 g/mol. The SMILES string of the molecule is CCOc1cc(-c2nc3c(Br)cccc3n2C(c2ccccc2)C2CCOCC2)cn(C)c1=O. The number of rotatable bonds is 6. The third-order valence-corrected chi connectivity index (χ3v) is 7.15. The van der Waals surface area contributed by atoms with Crippen molar-refractivity contribution in [2.24, 2.45) is 13.0 Å². The summed E-state index contributed by atoms with van der Waals surface area (Å²) in [5.41, 5.74) is 3.89. The van der Waals surface area contributed by atoms with Crippen LogP contribution in [0.15, 0.2) is 70.1 Å². The third kappa shape index (κ3) is 4.18. The van der Waals surface area contributed by atoms with Crippen LogP contribution in [0.1, 0.15) is 31.4 Å². The van der Waals surface area contributed by atoms with E-state index in [1.165, 1.54) is 5.56 Å². The lowest BCUT2D eigenvalue weighted by atomic mass is 9.86. The van der Waals surface area contributed by atoms with Crippen molar-refractivity contribution in [2.75, 3.05) is 19.8 Å². The number of para-hydroxylation sites is 1. The van der Waals surface area contributed by atoms with E-state index in [1.54, 1.807) is 11.6 Å². The molecule has 0 N–H and O–H groups in total. The fraction of sp³-hybridized carbons (Fsp3) is 0.333. The molecule has 0 radical (unpaired) electrons. The van der Waals surface area contributed by atoms with Gasteiger partial charge in [-0.15, -0.1) is 0 Å². The number of benzene rings is 2. The molecule has 1 unspecified atom stereocenters. The summed E-state index contributed by atoms with van der Waals surface area (Å²) in [6, 6.07) is 18.7. The summed E-state index contributed by atoms with van der Waals surface area (Å²) in [6.45, 7) is 3.83. The van der Waals surface area contributed by atoms with Crippen LogP contribution < -0.4 is 10.3 Å². The maximum Gasteiger partial charge on any atom is 0.292 e. The topological polar surface area (TPSA) is 58.3 Å². The Balaban J connectivity index is 1.80. The molecule has 6 nitrogen and oxygen atoms in total. The zero-order chi connectivity index (χ0) is 23.7. The maximum absolute atomic E-state index is 12.6. The summed E-state index contributed by atoms with van der Waals surface area (Å²) in [5, 5.41) is 0. The van der Waals surface area contributed by atoms with E-state index in [-0.39, 0.29) is 11.6 Å². The molecule has 34 heavy (non-hydrogen) atoms. The summed E-state index contributed by atoms with van der Waals surface area (Å²) in [4.78, 5) is 17.8. The first-order chi connectivity index (χ1) is 16.6. The predicted octanol–water partition coefficient (Wildman–Crippen LogP) is 5.58. The molecule has 0 aliphatic carbocycles. The Hall–Kier alpha value is -2.90. The molecule has 2 aromatic heterocycles. The first kappa shape index (κ1) is 22.9. The summed E-state index contributed by atoms with van der Waals surface area (Å²) in [6.07, 6.45) is 3.80. The van der Waals surface area contributed by atoms with E-state index in [9.17, 15) is 4.79 Å². The molecule has 5 rings (SSSR count). The smallest absolute Gasteiger partial charge is 0.292 e. The van der Waals surface area contributed by atoms with Crippen LogP contribution in [0.3, 0.4) is 0 Å². The second-order valence-corrected chi connectivity index (χ2v) is 9.51. The fourth-order valence-corrected chi connectivity index (χ4v) is 5.39. The molecule has 7 heteroatoms. The highest BCUT2D eigenvalue weighted by Crippen LogP contribution is 2.40. The molecule has 3 heterocycles. The standard InChI is InChI=1S/C27H28BrN3O3/c1-3-34-23-16-20(17-30(2)27(23)32)26-29-24-21(28)10-7-11-22(24)31(26)25(18-8-5-4-6-9-18)19-12-14-33-15-13-19/h4-11,16-17,19,25H,3,12-15H2,1-2H3. The lowest BCUT2D eigenvalue weighted by Crippen LogP contribution is -2.27. The van der Waals surface area contributed by atoms with Crippen LogP contribution >= 0.6 is 15.9 Å². The molecular weight excluding hydrogens is 494 g/mol. The second-order valence-electron chi connectivity index (χ2n) is 8.66. The van der Waals surface area contributed by atoms with Gasteiger partial charge in [0, 0.05) is 36.5 Å². The third-order valence-electron chi connectivity index (χ3n) is 6.51. The Morgan fingerprint density at radius 3 is 2.65 bits per heavy atom. The van der Waals surface area contributed by atoms with Gasteiger partial charge in [-0.3, -0.25) is 4.79 Å². The quantitative estimate of drug-likeness (QED) is 0.332. The molecule has 0 bridgehead atoms. The van der Waals surface area contributed by atoms with Crippen LogP contribution in [0.4, 0.5) is 0 Å². The van der Waals surface area contributed by atoms with Gasteiger partial charge in [-0.05, 0) is 65.4 Å². The number of aryl methyl sites for hydroxylation is 1. The Morgan fingerprint density at radius 1 is 1.15 bits per heavy atom. The lowest BCUT2D eigenvalue weighted by Gasteiger charge is -2.33. The van der Waals surface area contributed by atoms with Gasteiger partial charge < -0.3 is 18.6 Å². The van der Waals surface area contributed by atoms with Crippen molar-refractivity contribution >= 4 is 27.0 Å². The number of ether oxygens (including phenoxy) is 2. The first-order valence-corrected chi connectivity index (χ1v) is 12.5. The molecule has 0 saturated carbocycles. The van der Waals surface area contributed by atoms with Crippen molar-refractivity contribution in [1.82, 2.24) is 14.1 Å². The van der Waals surface area contributed by atoms with Crippen molar-refractivity contribution in [2.45, 2.75) is 25.8 Å². The Morgan fingerprint density at radius 2 is 1.91 bits per heavy atom. The normalized spacial score (nSPS) is 15.5. The summed E-state index contributed by atoms with van der Waals surface area (Å²) in [5.74, 6) is 1.55. The first-order valence-electron chi connectivity index (χ1n) is 11.7. The second kappa shape index (κ2) is 9.76. The van der Waals surface area contributed by atoms with E-state index in [2.05, 4.69) is 56.9 Å². The summed E-state index contributed by atoms with van der Waals surface area (Å²) >= 11 is 3.71. The highest BCUT2D eigenvalue weighted by atomic mass is 79.9. The Bertz CT molecular complexity index is 1360. The number of nitrogens with zero attached hydrogens (tertiary/aromatic N) is 3. The highest BCUT2D eigenvalue weighted by molar-refractivity contribution is 9.10. The van der Waals surface area contributed by atoms with Crippen LogP contribution in [0, 0.1) is 5.92 Å². The minimum Gasteiger partial charge on any atom is -0.488 e. The molecule has 1 saturated heterocycles. The van der Waals surface area contributed by atoms with Gasteiger partial charge >= 0.3 is 0 Å². The molecule has 1 aliphatic heterocycles. The lowest BCUT2D eigenvalue weighted by molar-refractivity contribution is 0.0549. The average Bonchev–Trinajstić information content (AvgIpc) is 3.24. The molecule has 0 spiro atoms. The van der Waals surface area contributed by atoms with Crippen molar-refractivity contribution in [1.29, 1.82) is 0 Å². The zero-order valence-corrected chi connectivity index (χ0v) is 21.0. The van der Waals surface area contributed by atoms with Crippen LogP contribution in [0.25, 0.3) is 22.4 Å². The number of aromatic nitrogens is 3. The van der Waals surface area contributed by atoms with E-state index < -0.39 is 0 Å². The number of halogens is 1. The van der Waals surface area contributed by atoms with Crippen molar-refractivity contribution in [3.05, 3.63) is 81.2 Å². The number of imidazole rings is 1. The number of pyridine rings is 1. The van der Waals surface area contributed by atoms with E-state index in [1.807, 2.05) is 31.3 Å². The predicted molar refractivity (Wildman–Crippen MR) is 137 cm³/mol.